The molecule has 0 unspecified atom stereocenters. The highest BCUT2D eigenvalue weighted by molar-refractivity contribution is 6.31. The first-order valence-electron chi connectivity index (χ1n) is 11.2. The van der Waals surface area contributed by atoms with Crippen molar-refractivity contribution >= 4 is 40.3 Å². The highest BCUT2D eigenvalue weighted by atomic mass is 35.5. The van der Waals surface area contributed by atoms with Crippen molar-refractivity contribution < 1.29 is 14.7 Å². The maximum atomic E-state index is 13.2. The number of hydrogen-bond acceptors (Lipinski definition) is 7. The minimum absolute atomic E-state index is 0.000923. The molecule has 0 bridgehead atoms. The number of nitrogens with one attached hydrogen (secondary N) is 2. The second kappa shape index (κ2) is 8.68. The summed E-state index contributed by atoms with van der Waals surface area (Å²) in [4.78, 5) is 44.6. The van der Waals surface area contributed by atoms with Crippen molar-refractivity contribution in [1.82, 2.24) is 34.7 Å². The molecule has 1 atom stereocenters. The van der Waals surface area contributed by atoms with Crippen LogP contribution >= 0.6 is 11.6 Å². The fourth-order valence-electron chi connectivity index (χ4n) is 4.61. The van der Waals surface area contributed by atoms with Crippen LogP contribution in [0.3, 0.4) is 0 Å². The van der Waals surface area contributed by atoms with Crippen LogP contribution in [0.1, 0.15) is 28.6 Å². The summed E-state index contributed by atoms with van der Waals surface area (Å²) in [6, 6.07) is 12.4. The molecule has 0 saturated heterocycles. The van der Waals surface area contributed by atoms with E-state index in [9.17, 15) is 14.4 Å². The number of pyridine rings is 2. The van der Waals surface area contributed by atoms with Crippen LogP contribution in [0.15, 0.2) is 59.7 Å². The first-order chi connectivity index (χ1) is 17.9. The smallest absolute Gasteiger partial charge is 0.352 e. The lowest BCUT2D eigenvalue weighted by atomic mass is 10.0. The summed E-state index contributed by atoms with van der Waals surface area (Å²) in [5, 5.41) is 23.7. The Morgan fingerprint density at radius 3 is 2.78 bits per heavy atom. The molecule has 1 amide bonds. The Bertz CT molecular complexity index is 1760. The number of nitrogens with zero attached hydrogens (tertiary/aromatic N) is 6. The predicted octanol–water partition coefficient (Wildman–Crippen LogP) is 2.84. The van der Waals surface area contributed by atoms with E-state index >= 15 is 0 Å². The summed E-state index contributed by atoms with van der Waals surface area (Å²) in [6.45, 7) is 0. The Morgan fingerprint density at radius 2 is 2.00 bits per heavy atom. The fraction of sp³-hybridized carbons (Fsp3) is 0.125. The van der Waals surface area contributed by atoms with Gasteiger partial charge in [-0.25, -0.2) is 9.78 Å². The average Bonchev–Trinajstić information content (AvgIpc) is 3.63. The van der Waals surface area contributed by atoms with Crippen LogP contribution in [0.25, 0.3) is 27.8 Å². The summed E-state index contributed by atoms with van der Waals surface area (Å²) in [5.41, 5.74) is 3.30. The summed E-state index contributed by atoms with van der Waals surface area (Å²) >= 11 is 6.25. The largest absolute Gasteiger partial charge is 0.477 e. The molecule has 12 nitrogen and oxygen atoms in total. The minimum atomic E-state index is -1.10. The van der Waals surface area contributed by atoms with Crippen LogP contribution in [-0.2, 0) is 11.2 Å². The standard InChI is InChI=1S/C24H17ClN8O4/c25-13-1-4-19(32-11-26-30-31-32)15(9-13)12-7-14-2-5-20(33(14)22(34)8-12)23(35)29-21-6-3-16-17(28-21)10-18(27-16)24(36)37/h1,3-4,6-11,20,27H,2,5H2,(H,36,37)(H,28,29,35)/t20-/m0/s1. The van der Waals surface area contributed by atoms with E-state index in [1.807, 2.05) is 6.07 Å². The lowest BCUT2D eigenvalue weighted by Gasteiger charge is -2.16. The van der Waals surface area contributed by atoms with Crippen molar-refractivity contribution in [2.24, 2.45) is 0 Å². The molecule has 1 aromatic carbocycles. The van der Waals surface area contributed by atoms with Crippen LogP contribution in [0.5, 0.6) is 0 Å². The van der Waals surface area contributed by atoms with Crippen molar-refractivity contribution in [3.05, 3.63) is 81.6 Å². The van der Waals surface area contributed by atoms with Gasteiger partial charge in [0.15, 0.2) is 0 Å². The molecule has 0 radical (unpaired) electrons. The number of aromatic carboxylic acids is 1. The lowest BCUT2D eigenvalue weighted by Crippen LogP contribution is -2.31. The molecule has 5 heterocycles. The number of carboxylic acid groups (broad SMARTS) is 1. The van der Waals surface area contributed by atoms with Gasteiger partial charge in [-0.3, -0.25) is 9.59 Å². The molecule has 184 valence electrons. The van der Waals surface area contributed by atoms with Gasteiger partial charge >= 0.3 is 5.97 Å². The van der Waals surface area contributed by atoms with E-state index in [2.05, 4.69) is 30.8 Å². The third kappa shape index (κ3) is 4.02. The molecule has 1 aliphatic heterocycles. The average molecular weight is 517 g/mol. The number of tetrazole rings is 1. The molecule has 0 fully saturated rings. The van der Waals surface area contributed by atoms with Crippen molar-refractivity contribution in [2.45, 2.75) is 18.9 Å². The second-order valence-corrected chi connectivity index (χ2v) is 8.96. The number of carbonyl (C=O) groups is 2. The molecule has 1 aliphatic rings. The number of carbonyl (C=O) groups excluding carboxylic acids is 1. The van der Waals surface area contributed by atoms with Gasteiger partial charge in [-0.15, -0.1) is 5.10 Å². The third-order valence-corrected chi connectivity index (χ3v) is 6.49. The zero-order chi connectivity index (χ0) is 25.7. The Balaban J connectivity index is 1.31. The Labute approximate surface area is 212 Å². The molecule has 13 heteroatoms. The summed E-state index contributed by atoms with van der Waals surface area (Å²) in [6.07, 6.45) is 2.42. The maximum absolute atomic E-state index is 13.2. The molecular formula is C24H17ClN8O4. The van der Waals surface area contributed by atoms with Crippen LogP contribution in [-0.4, -0.2) is 51.7 Å². The van der Waals surface area contributed by atoms with Gasteiger partial charge in [0.25, 0.3) is 5.56 Å². The van der Waals surface area contributed by atoms with Crippen molar-refractivity contribution in [3.8, 4) is 16.8 Å². The molecule has 5 aromatic rings. The summed E-state index contributed by atoms with van der Waals surface area (Å²) in [7, 11) is 0. The molecule has 0 saturated carbocycles. The molecule has 3 N–H and O–H groups in total. The van der Waals surface area contributed by atoms with Gasteiger partial charge in [0.1, 0.15) is 23.9 Å². The Hall–Kier alpha value is -4.84. The van der Waals surface area contributed by atoms with Crippen LogP contribution in [0.2, 0.25) is 5.02 Å². The quantitative estimate of drug-likeness (QED) is 0.321. The number of amides is 1. The highest BCUT2D eigenvalue weighted by Crippen LogP contribution is 2.32. The van der Waals surface area contributed by atoms with Gasteiger partial charge in [0, 0.05) is 22.3 Å². The molecular weight excluding hydrogens is 500 g/mol. The van der Waals surface area contributed by atoms with Crippen LogP contribution < -0.4 is 10.9 Å². The van der Waals surface area contributed by atoms with E-state index in [1.165, 1.54) is 27.7 Å². The summed E-state index contributed by atoms with van der Waals surface area (Å²) in [5.74, 6) is -1.23. The molecule has 4 aromatic heterocycles. The molecule has 0 aliphatic carbocycles. The monoisotopic (exact) mass is 516 g/mol. The maximum Gasteiger partial charge on any atom is 0.352 e. The molecule has 37 heavy (non-hydrogen) atoms. The minimum Gasteiger partial charge on any atom is -0.477 e. The zero-order valence-corrected chi connectivity index (χ0v) is 19.7. The number of H-pyrrole nitrogens is 1. The van der Waals surface area contributed by atoms with Crippen molar-refractivity contribution in [2.75, 3.05) is 5.32 Å². The first-order valence-corrected chi connectivity index (χ1v) is 11.6. The number of carboxylic acids is 1. The predicted molar refractivity (Wildman–Crippen MR) is 133 cm³/mol. The van der Waals surface area contributed by atoms with Gasteiger partial charge in [-0.2, -0.15) is 4.68 Å². The number of anilines is 1. The second-order valence-electron chi connectivity index (χ2n) is 8.52. The normalized spacial score (nSPS) is 14.6. The van der Waals surface area contributed by atoms with E-state index in [4.69, 9.17) is 16.7 Å². The Kier molecular flexibility index (Phi) is 5.30. The van der Waals surface area contributed by atoms with Gasteiger partial charge in [-0.1, -0.05) is 11.6 Å². The van der Waals surface area contributed by atoms with Crippen molar-refractivity contribution in [1.29, 1.82) is 0 Å². The lowest BCUT2D eigenvalue weighted by molar-refractivity contribution is -0.119. The van der Waals surface area contributed by atoms with E-state index in [1.54, 1.807) is 30.3 Å². The number of aromatic amines is 1. The number of benzene rings is 1. The number of aromatic nitrogens is 7. The van der Waals surface area contributed by atoms with Gasteiger partial charge < -0.3 is 20.0 Å². The number of aryl methyl sites for hydroxylation is 1. The first kappa shape index (κ1) is 22.6. The molecule has 6 rings (SSSR count). The topological polar surface area (TPSA) is 161 Å². The summed E-state index contributed by atoms with van der Waals surface area (Å²) < 4.78 is 2.97. The van der Waals surface area contributed by atoms with Crippen LogP contribution in [0.4, 0.5) is 5.82 Å². The van der Waals surface area contributed by atoms with Gasteiger partial charge in [0.2, 0.25) is 5.91 Å². The third-order valence-electron chi connectivity index (χ3n) is 6.26. The number of hydrogen-bond donors (Lipinski definition) is 3. The van der Waals surface area contributed by atoms with Crippen LogP contribution in [0, 0.1) is 0 Å². The molecule has 0 spiro atoms. The fourth-order valence-corrected chi connectivity index (χ4v) is 4.78. The zero-order valence-electron chi connectivity index (χ0n) is 18.9. The number of fused-ring (bicyclic) bond motifs is 2. The number of rotatable bonds is 5. The SMILES string of the molecule is O=C(O)c1cc2nc(NC(=O)[C@@H]3CCc4cc(-c5cc(Cl)ccc5-n5cnnn5)cc(=O)n43)ccc2[nH]1. The number of halogens is 1. The van der Waals surface area contributed by atoms with E-state index in [-0.39, 0.29) is 23.0 Å². The van der Waals surface area contributed by atoms with Gasteiger partial charge in [-0.05, 0) is 71.3 Å². The Morgan fingerprint density at radius 1 is 1.14 bits per heavy atom. The van der Waals surface area contributed by atoms with Gasteiger partial charge in [0.05, 0.1) is 16.7 Å². The van der Waals surface area contributed by atoms with Crippen molar-refractivity contribution in [3.63, 3.8) is 0 Å². The van der Waals surface area contributed by atoms with E-state index in [0.29, 0.717) is 51.4 Å². The van der Waals surface area contributed by atoms with E-state index < -0.39 is 12.0 Å². The highest BCUT2D eigenvalue weighted by Gasteiger charge is 2.30. The van der Waals surface area contributed by atoms with E-state index in [0.717, 1.165) is 0 Å².